The number of rotatable bonds is 7. The summed E-state index contributed by atoms with van der Waals surface area (Å²) in [4.78, 5) is 20.8. The molecular formula is C32H29F2N3O2S. The molecule has 1 aromatic heterocycles. The minimum atomic E-state index is -0.407. The Morgan fingerprint density at radius 1 is 0.950 bits per heavy atom. The van der Waals surface area contributed by atoms with Crippen molar-refractivity contribution in [3.63, 3.8) is 0 Å². The summed E-state index contributed by atoms with van der Waals surface area (Å²) >= 11 is 1.31. The van der Waals surface area contributed by atoms with Crippen LogP contribution >= 0.6 is 11.8 Å². The standard InChI is InChI=1S/C32H29F2N3O2S/c33-23-14-16-25(17-15-23)39-19-18-36-21-22(26-10-4-7-13-29(26)36)20-30-31(38)37(24-8-2-1-3-9-24)32(40-30)35-28-12-6-5-11-27(28)34/h4-7,10-17,20-21,24H,1-3,8-9,18-19H2/b30-20+,35-32?. The molecule has 0 atom stereocenters. The van der Waals surface area contributed by atoms with Crippen molar-refractivity contribution in [3.8, 4) is 5.75 Å². The number of amidine groups is 1. The van der Waals surface area contributed by atoms with Crippen LogP contribution in [0, 0.1) is 11.6 Å². The van der Waals surface area contributed by atoms with E-state index in [1.165, 1.54) is 36.4 Å². The van der Waals surface area contributed by atoms with Gasteiger partial charge in [0.2, 0.25) is 0 Å². The minimum Gasteiger partial charge on any atom is -0.492 e. The summed E-state index contributed by atoms with van der Waals surface area (Å²) in [6.45, 7) is 0.985. The molecule has 0 unspecified atom stereocenters. The molecule has 204 valence electrons. The second-order valence-electron chi connectivity index (χ2n) is 10.0. The fourth-order valence-electron chi connectivity index (χ4n) is 5.38. The Morgan fingerprint density at radius 3 is 2.50 bits per heavy atom. The summed E-state index contributed by atoms with van der Waals surface area (Å²) in [7, 11) is 0. The number of benzene rings is 3. The Morgan fingerprint density at radius 2 is 1.70 bits per heavy atom. The highest BCUT2D eigenvalue weighted by Gasteiger charge is 2.39. The third-order valence-corrected chi connectivity index (χ3v) is 8.35. The first kappa shape index (κ1) is 26.3. The topological polar surface area (TPSA) is 46.8 Å². The number of thioether (sulfide) groups is 1. The van der Waals surface area contributed by atoms with E-state index in [0.717, 1.165) is 42.1 Å². The number of carbonyl (C=O) groups excluding carboxylic acids is 1. The molecule has 3 aromatic carbocycles. The number of aliphatic imine (C=N–C) groups is 1. The first-order valence-electron chi connectivity index (χ1n) is 13.6. The lowest BCUT2D eigenvalue weighted by Crippen LogP contribution is -2.40. The van der Waals surface area contributed by atoms with Gasteiger partial charge in [-0.2, -0.15) is 0 Å². The molecular weight excluding hydrogens is 528 g/mol. The first-order chi connectivity index (χ1) is 19.6. The molecule has 40 heavy (non-hydrogen) atoms. The van der Waals surface area contributed by atoms with Crippen molar-refractivity contribution in [2.45, 2.75) is 44.7 Å². The van der Waals surface area contributed by atoms with Crippen molar-refractivity contribution < 1.29 is 18.3 Å². The summed E-state index contributed by atoms with van der Waals surface area (Å²) in [6.07, 6.45) is 9.09. The molecule has 1 saturated heterocycles. The van der Waals surface area contributed by atoms with Gasteiger partial charge in [0.25, 0.3) is 5.91 Å². The number of hydrogen-bond acceptors (Lipinski definition) is 4. The molecule has 0 radical (unpaired) electrons. The van der Waals surface area contributed by atoms with Crippen LogP contribution in [0.4, 0.5) is 14.5 Å². The van der Waals surface area contributed by atoms with E-state index in [1.54, 1.807) is 35.2 Å². The summed E-state index contributed by atoms with van der Waals surface area (Å²) in [5.41, 5.74) is 2.18. The van der Waals surface area contributed by atoms with E-state index >= 15 is 0 Å². The molecule has 1 saturated carbocycles. The Kier molecular flexibility index (Phi) is 7.68. The number of ether oxygens (including phenoxy) is 1. The minimum absolute atomic E-state index is 0.0649. The normalized spacial score (nSPS) is 18.4. The molecule has 1 aliphatic heterocycles. The highest BCUT2D eigenvalue weighted by molar-refractivity contribution is 8.18. The summed E-state index contributed by atoms with van der Waals surface area (Å²) < 4.78 is 35.6. The number of hydrogen-bond donors (Lipinski definition) is 0. The van der Waals surface area contributed by atoms with Crippen LogP contribution in [0.5, 0.6) is 5.75 Å². The van der Waals surface area contributed by atoms with Gasteiger partial charge in [0, 0.05) is 28.7 Å². The molecule has 0 spiro atoms. The number of para-hydroxylation sites is 2. The number of fused-ring (bicyclic) bond motifs is 1. The van der Waals surface area contributed by atoms with Gasteiger partial charge in [-0.1, -0.05) is 49.6 Å². The van der Waals surface area contributed by atoms with Crippen LogP contribution in [0.2, 0.25) is 0 Å². The van der Waals surface area contributed by atoms with E-state index in [4.69, 9.17) is 4.74 Å². The molecule has 5 nitrogen and oxygen atoms in total. The number of amides is 1. The van der Waals surface area contributed by atoms with E-state index in [2.05, 4.69) is 9.56 Å². The lowest BCUT2D eigenvalue weighted by molar-refractivity contribution is -0.124. The zero-order chi connectivity index (χ0) is 27.5. The van der Waals surface area contributed by atoms with Gasteiger partial charge in [-0.25, -0.2) is 13.8 Å². The fraction of sp³-hybridized carbons (Fsp3) is 0.250. The third kappa shape index (κ3) is 5.54. The van der Waals surface area contributed by atoms with Crippen LogP contribution in [0.1, 0.15) is 37.7 Å². The first-order valence-corrected chi connectivity index (χ1v) is 14.4. The second kappa shape index (κ2) is 11.7. The lowest BCUT2D eigenvalue weighted by Gasteiger charge is -2.30. The predicted molar refractivity (Wildman–Crippen MR) is 157 cm³/mol. The third-order valence-electron chi connectivity index (χ3n) is 7.37. The van der Waals surface area contributed by atoms with Gasteiger partial charge >= 0.3 is 0 Å². The molecule has 1 amide bonds. The molecule has 2 heterocycles. The average Bonchev–Trinajstić information content (AvgIpc) is 3.48. The Labute approximate surface area is 236 Å². The van der Waals surface area contributed by atoms with E-state index in [0.29, 0.717) is 29.0 Å². The monoisotopic (exact) mass is 557 g/mol. The van der Waals surface area contributed by atoms with Crippen molar-refractivity contribution in [1.82, 2.24) is 9.47 Å². The number of carbonyl (C=O) groups is 1. The van der Waals surface area contributed by atoms with Gasteiger partial charge in [-0.15, -0.1) is 0 Å². The maximum Gasteiger partial charge on any atom is 0.267 e. The molecule has 8 heteroatoms. The maximum atomic E-state index is 14.5. The molecule has 1 aliphatic carbocycles. The highest BCUT2D eigenvalue weighted by atomic mass is 32.2. The van der Waals surface area contributed by atoms with Crippen molar-refractivity contribution in [3.05, 3.63) is 101 Å². The van der Waals surface area contributed by atoms with Gasteiger partial charge in [0.1, 0.15) is 29.7 Å². The Balaban J connectivity index is 1.30. The largest absolute Gasteiger partial charge is 0.492 e. The van der Waals surface area contributed by atoms with Crippen LogP contribution in [-0.2, 0) is 11.3 Å². The molecule has 0 bridgehead atoms. The van der Waals surface area contributed by atoms with Gasteiger partial charge in [-0.3, -0.25) is 9.69 Å². The van der Waals surface area contributed by atoms with E-state index in [-0.39, 0.29) is 23.5 Å². The maximum absolute atomic E-state index is 14.5. The molecule has 4 aromatic rings. The fourth-order valence-corrected chi connectivity index (χ4v) is 6.42. The summed E-state index contributed by atoms with van der Waals surface area (Å²) in [5, 5.41) is 1.55. The van der Waals surface area contributed by atoms with Gasteiger partial charge < -0.3 is 9.30 Å². The van der Waals surface area contributed by atoms with Crippen molar-refractivity contribution in [2.24, 2.45) is 4.99 Å². The van der Waals surface area contributed by atoms with Crippen LogP contribution in [-0.4, -0.2) is 33.2 Å². The molecule has 0 N–H and O–H groups in total. The van der Waals surface area contributed by atoms with Gasteiger partial charge in [0.05, 0.1) is 11.4 Å². The van der Waals surface area contributed by atoms with Gasteiger partial charge in [0.15, 0.2) is 5.17 Å². The van der Waals surface area contributed by atoms with Gasteiger partial charge in [-0.05, 0) is 73.1 Å². The zero-order valence-electron chi connectivity index (χ0n) is 21.9. The number of aromatic nitrogens is 1. The highest BCUT2D eigenvalue weighted by Crippen LogP contribution is 2.39. The second-order valence-corrected chi connectivity index (χ2v) is 11.0. The predicted octanol–water partition coefficient (Wildman–Crippen LogP) is 7.94. The van der Waals surface area contributed by atoms with Crippen molar-refractivity contribution in [1.29, 1.82) is 0 Å². The number of halogens is 2. The summed E-state index contributed by atoms with van der Waals surface area (Å²) in [6, 6.07) is 20.5. The number of nitrogens with zero attached hydrogens (tertiary/aromatic N) is 3. The van der Waals surface area contributed by atoms with E-state index in [9.17, 15) is 13.6 Å². The van der Waals surface area contributed by atoms with Crippen LogP contribution in [0.15, 0.2) is 88.9 Å². The quantitative estimate of drug-likeness (QED) is 0.217. The molecule has 6 rings (SSSR count). The molecule has 2 fully saturated rings. The van der Waals surface area contributed by atoms with Crippen LogP contribution < -0.4 is 4.74 Å². The van der Waals surface area contributed by atoms with Crippen LogP contribution in [0.3, 0.4) is 0 Å². The zero-order valence-corrected chi connectivity index (χ0v) is 22.7. The van der Waals surface area contributed by atoms with Crippen molar-refractivity contribution in [2.75, 3.05) is 6.61 Å². The average molecular weight is 558 g/mol. The SMILES string of the molecule is O=C1/C(=C\c2cn(CCOc3ccc(F)cc3)c3ccccc23)SC(=Nc2ccccc2F)N1C1CCCCC1. The van der Waals surface area contributed by atoms with E-state index < -0.39 is 5.82 Å². The van der Waals surface area contributed by atoms with Crippen LogP contribution in [0.25, 0.3) is 17.0 Å². The molecule has 2 aliphatic rings. The smallest absolute Gasteiger partial charge is 0.267 e. The summed E-state index contributed by atoms with van der Waals surface area (Å²) in [5.74, 6) is -0.180. The van der Waals surface area contributed by atoms with E-state index in [1.807, 2.05) is 36.5 Å². The Bertz CT molecular complexity index is 1590. The Hall–Kier alpha value is -3.91. The van der Waals surface area contributed by atoms with Crippen molar-refractivity contribution >= 4 is 45.5 Å². The lowest BCUT2D eigenvalue weighted by atomic mass is 9.94.